The molecule has 2 saturated heterocycles. The van der Waals surface area contributed by atoms with Crippen LogP contribution in [0.1, 0.15) is 38.5 Å². The van der Waals surface area contributed by atoms with Crippen molar-refractivity contribution in [2.24, 2.45) is 0 Å². The van der Waals surface area contributed by atoms with E-state index in [1.807, 2.05) is 0 Å². The number of hydrogen-bond acceptors (Lipinski definition) is 14. The fraction of sp³-hybridized carbons (Fsp3) is 1.00. The maximum absolute atomic E-state index is 5.61. The Kier molecular flexibility index (Phi) is 31.0. The Bertz CT molecular complexity index is 543. The summed E-state index contributed by atoms with van der Waals surface area (Å²) in [5.74, 6) is 0. The summed E-state index contributed by atoms with van der Waals surface area (Å²) >= 11 is 0. The van der Waals surface area contributed by atoms with Crippen molar-refractivity contribution in [3.63, 3.8) is 0 Å². The van der Waals surface area contributed by atoms with Crippen LogP contribution in [0.5, 0.6) is 0 Å². The summed E-state index contributed by atoms with van der Waals surface area (Å²) in [5.41, 5.74) is 0. The summed E-state index contributed by atoms with van der Waals surface area (Å²) in [5, 5.41) is 0. The molecule has 0 aliphatic carbocycles. The fourth-order valence-corrected chi connectivity index (χ4v) is 4.24. The summed E-state index contributed by atoms with van der Waals surface area (Å²) in [7, 11) is 0. The zero-order valence-electron chi connectivity index (χ0n) is 28.1. The van der Waals surface area contributed by atoms with Crippen LogP contribution in [0.15, 0.2) is 0 Å². The number of hydrogen-bond donors (Lipinski definition) is 0. The first-order chi connectivity index (χ1) is 22.9. The molecule has 0 bridgehead atoms. The standard InChI is InChI=1S/C32H62O14/c1-3-7-43-31(5-1)45-29-27-41-25-23-39-21-19-37-17-15-35-13-11-33-9-10-34-12-14-36-16-18-38-20-22-40-24-26-42-28-30-46-32-6-2-4-8-44-32/h31-32H,1-30H2. The van der Waals surface area contributed by atoms with Crippen molar-refractivity contribution in [3.8, 4) is 0 Å². The molecular weight excluding hydrogens is 608 g/mol. The van der Waals surface area contributed by atoms with Gasteiger partial charge in [0.05, 0.1) is 145 Å². The summed E-state index contributed by atoms with van der Waals surface area (Å²) in [6, 6.07) is 0. The SMILES string of the molecule is C1CCC(OCCOCCOCCOCCOCCOCCOCCOCCOCCOCCOCCOC2CCCCO2)OC1. The van der Waals surface area contributed by atoms with Gasteiger partial charge in [-0.1, -0.05) is 0 Å². The van der Waals surface area contributed by atoms with Crippen LogP contribution in [0, 0.1) is 0 Å². The Morgan fingerprint density at radius 2 is 0.500 bits per heavy atom. The van der Waals surface area contributed by atoms with Crippen LogP contribution in [0.25, 0.3) is 0 Å². The second kappa shape index (κ2) is 34.3. The van der Waals surface area contributed by atoms with Crippen LogP contribution in [0.3, 0.4) is 0 Å². The van der Waals surface area contributed by atoms with Crippen LogP contribution in [-0.2, 0) is 66.3 Å². The van der Waals surface area contributed by atoms with E-state index in [1.54, 1.807) is 0 Å². The zero-order valence-corrected chi connectivity index (χ0v) is 28.1. The lowest BCUT2D eigenvalue weighted by atomic mass is 10.2. The van der Waals surface area contributed by atoms with E-state index in [4.69, 9.17) is 66.3 Å². The predicted octanol–water partition coefficient (Wildman–Crippen LogP) is 2.24. The first-order valence-corrected chi connectivity index (χ1v) is 17.2. The van der Waals surface area contributed by atoms with Gasteiger partial charge in [-0.3, -0.25) is 0 Å². The Labute approximate surface area is 276 Å². The van der Waals surface area contributed by atoms with E-state index in [0.717, 1.165) is 38.9 Å². The molecular formula is C32H62O14. The minimum atomic E-state index is -0.0649. The van der Waals surface area contributed by atoms with Crippen molar-refractivity contribution in [1.82, 2.24) is 0 Å². The molecule has 0 N–H and O–H groups in total. The van der Waals surface area contributed by atoms with Crippen molar-refractivity contribution in [1.29, 1.82) is 0 Å². The van der Waals surface area contributed by atoms with Crippen molar-refractivity contribution in [2.45, 2.75) is 51.1 Å². The number of ether oxygens (including phenoxy) is 14. The molecule has 0 aromatic rings. The highest BCUT2D eigenvalue weighted by Crippen LogP contribution is 2.14. The van der Waals surface area contributed by atoms with Crippen molar-refractivity contribution in [3.05, 3.63) is 0 Å². The first-order valence-electron chi connectivity index (χ1n) is 17.2. The molecule has 0 radical (unpaired) electrons. The molecule has 0 aromatic carbocycles. The van der Waals surface area contributed by atoms with Gasteiger partial charge in [0.1, 0.15) is 0 Å². The third-order valence-electron chi connectivity index (χ3n) is 6.69. The normalized spacial score (nSPS) is 18.8. The minimum absolute atomic E-state index is 0.0649. The van der Waals surface area contributed by atoms with Crippen molar-refractivity contribution < 1.29 is 66.3 Å². The summed E-state index contributed by atoms with van der Waals surface area (Å²) < 4.78 is 77.1. The molecule has 2 aliphatic heterocycles. The summed E-state index contributed by atoms with van der Waals surface area (Å²) in [6.45, 7) is 13.2. The van der Waals surface area contributed by atoms with Gasteiger partial charge in [0, 0.05) is 13.2 Å². The average Bonchev–Trinajstić information content (AvgIpc) is 3.09. The third kappa shape index (κ3) is 28.5. The molecule has 0 saturated carbocycles. The van der Waals surface area contributed by atoms with Gasteiger partial charge in [-0.2, -0.15) is 0 Å². The van der Waals surface area contributed by atoms with E-state index in [-0.39, 0.29) is 12.6 Å². The molecule has 0 spiro atoms. The third-order valence-corrected chi connectivity index (χ3v) is 6.69. The van der Waals surface area contributed by atoms with Crippen molar-refractivity contribution >= 4 is 0 Å². The highest BCUT2D eigenvalue weighted by Gasteiger charge is 2.14. The first kappa shape index (κ1) is 41.6. The molecule has 2 aliphatic rings. The van der Waals surface area contributed by atoms with Crippen LogP contribution in [-0.4, -0.2) is 171 Å². The fourth-order valence-electron chi connectivity index (χ4n) is 4.24. The van der Waals surface area contributed by atoms with E-state index in [2.05, 4.69) is 0 Å². The molecule has 0 amide bonds. The Morgan fingerprint density at radius 3 is 0.696 bits per heavy atom. The van der Waals surface area contributed by atoms with Gasteiger partial charge < -0.3 is 66.3 Å². The summed E-state index contributed by atoms with van der Waals surface area (Å²) in [6.07, 6.45) is 6.39. The van der Waals surface area contributed by atoms with Gasteiger partial charge in [0.15, 0.2) is 12.6 Å². The lowest BCUT2D eigenvalue weighted by Gasteiger charge is -2.22. The van der Waals surface area contributed by atoms with E-state index in [0.29, 0.717) is 145 Å². The molecule has 2 unspecified atom stereocenters. The lowest BCUT2D eigenvalue weighted by molar-refractivity contribution is -0.169. The predicted molar refractivity (Wildman–Crippen MR) is 167 cm³/mol. The summed E-state index contributed by atoms with van der Waals surface area (Å²) in [4.78, 5) is 0. The monoisotopic (exact) mass is 670 g/mol. The van der Waals surface area contributed by atoms with Gasteiger partial charge in [-0.05, 0) is 38.5 Å². The van der Waals surface area contributed by atoms with Crippen LogP contribution >= 0.6 is 0 Å². The molecule has 14 nitrogen and oxygen atoms in total. The van der Waals surface area contributed by atoms with E-state index >= 15 is 0 Å². The minimum Gasteiger partial charge on any atom is -0.377 e. The lowest BCUT2D eigenvalue weighted by Crippen LogP contribution is -2.24. The van der Waals surface area contributed by atoms with Crippen LogP contribution in [0.4, 0.5) is 0 Å². The largest absolute Gasteiger partial charge is 0.377 e. The molecule has 0 aromatic heterocycles. The van der Waals surface area contributed by atoms with E-state index in [1.165, 1.54) is 12.8 Å². The molecule has 2 rings (SSSR count). The highest BCUT2D eigenvalue weighted by molar-refractivity contribution is 4.54. The van der Waals surface area contributed by atoms with Crippen molar-refractivity contribution in [2.75, 3.05) is 159 Å². The quantitative estimate of drug-likeness (QED) is 0.0914. The molecule has 274 valence electrons. The maximum atomic E-state index is 5.61. The van der Waals surface area contributed by atoms with E-state index in [9.17, 15) is 0 Å². The number of rotatable bonds is 35. The van der Waals surface area contributed by atoms with E-state index < -0.39 is 0 Å². The molecule has 2 atom stereocenters. The highest BCUT2D eigenvalue weighted by atomic mass is 16.7. The molecule has 14 heteroatoms. The average molecular weight is 671 g/mol. The Morgan fingerprint density at radius 1 is 0.283 bits per heavy atom. The topological polar surface area (TPSA) is 129 Å². The van der Waals surface area contributed by atoms with Gasteiger partial charge in [0.25, 0.3) is 0 Å². The Hall–Kier alpha value is -0.560. The van der Waals surface area contributed by atoms with Crippen LogP contribution < -0.4 is 0 Å². The molecule has 2 fully saturated rings. The second-order valence-electron chi connectivity index (χ2n) is 10.5. The van der Waals surface area contributed by atoms with Gasteiger partial charge in [-0.25, -0.2) is 0 Å². The van der Waals surface area contributed by atoms with Gasteiger partial charge >= 0.3 is 0 Å². The zero-order chi connectivity index (χ0) is 32.3. The smallest absolute Gasteiger partial charge is 0.157 e. The van der Waals surface area contributed by atoms with Crippen LogP contribution in [0.2, 0.25) is 0 Å². The second-order valence-corrected chi connectivity index (χ2v) is 10.5. The Balaban J connectivity index is 1.12. The maximum Gasteiger partial charge on any atom is 0.157 e. The van der Waals surface area contributed by atoms with Gasteiger partial charge in [-0.15, -0.1) is 0 Å². The molecule has 46 heavy (non-hydrogen) atoms. The van der Waals surface area contributed by atoms with Gasteiger partial charge in [0.2, 0.25) is 0 Å². The molecule has 2 heterocycles.